The van der Waals surface area contributed by atoms with Crippen molar-refractivity contribution in [1.82, 2.24) is 10.2 Å². The van der Waals surface area contributed by atoms with Gasteiger partial charge in [-0.15, -0.1) is 0 Å². The first-order valence-corrected chi connectivity index (χ1v) is 15.5. The molecule has 0 saturated carbocycles. The van der Waals surface area contributed by atoms with Crippen molar-refractivity contribution in [3.63, 3.8) is 0 Å². The zero-order chi connectivity index (χ0) is 28.7. The maximum Gasteiger partial charge on any atom is 0.244 e. The second-order valence-electron chi connectivity index (χ2n) is 9.72. The smallest absolute Gasteiger partial charge is 0.244 e. The number of rotatable bonds is 11. The summed E-state index contributed by atoms with van der Waals surface area (Å²) >= 11 is 9.75. The van der Waals surface area contributed by atoms with Gasteiger partial charge in [0.15, 0.2) is 0 Å². The lowest BCUT2D eigenvalue weighted by molar-refractivity contribution is -0.140. The van der Waals surface area contributed by atoms with E-state index < -0.39 is 28.5 Å². The Balaban J connectivity index is 2.07. The Bertz CT molecular complexity index is 1420. The maximum absolute atomic E-state index is 14.0. The van der Waals surface area contributed by atoms with Crippen molar-refractivity contribution in [2.24, 2.45) is 0 Å². The topological polar surface area (TPSA) is 86.8 Å². The second-order valence-corrected chi connectivity index (χ2v) is 13.0. The molecule has 0 heterocycles. The molecular formula is C29H33BrClN3O4S. The van der Waals surface area contributed by atoms with Crippen LogP contribution in [-0.2, 0) is 32.6 Å². The van der Waals surface area contributed by atoms with Gasteiger partial charge < -0.3 is 10.2 Å². The summed E-state index contributed by atoms with van der Waals surface area (Å²) in [6.07, 6.45) is 1.30. The van der Waals surface area contributed by atoms with Gasteiger partial charge in [-0.05, 0) is 61.7 Å². The number of aryl methyl sites for hydroxylation is 1. The van der Waals surface area contributed by atoms with Gasteiger partial charge in [-0.25, -0.2) is 8.42 Å². The average molecular weight is 635 g/mol. The Labute approximate surface area is 244 Å². The summed E-state index contributed by atoms with van der Waals surface area (Å²) in [5.74, 6) is -0.835. The normalized spacial score (nSPS) is 12.2. The van der Waals surface area contributed by atoms with E-state index in [9.17, 15) is 18.0 Å². The summed E-state index contributed by atoms with van der Waals surface area (Å²) in [5.41, 5.74) is 2.72. The van der Waals surface area contributed by atoms with Gasteiger partial charge in [0.25, 0.3) is 0 Å². The molecule has 39 heavy (non-hydrogen) atoms. The van der Waals surface area contributed by atoms with Gasteiger partial charge >= 0.3 is 0 Å². The number of hydrogen-bond acceptors (Lipinski definition) is 4. The molecule has 3 aromatic rings. The van der Waals surface area contributed by atoms with Crippen molar-refractivity contribution < 1.29 is 18.0 Å². The first kappa shape index (κ1) is 30.7. The number of nitrogens with zero attached hydrogens (tertiary/aromatic N) is 2. The van der Waals surface area contributed by atoms with Crippen molar-refractivity contribution >= 4 is 55.1 Å². The van der Waals surface area contributed by atoms with Crippen molar-refractivity contribution in [3.05, 3.63) is 99.0 Å². The predicted molar refractivity (Wildman–Crippen MR) is 160 cm³/mol. The van der Waals surface area contributed by atoms with E-state index in [0.717, 1.165) is 31.7 Å². The van der Waals surface area contributed by atoms with Crippen molar-refractivity contribution in [3.8, 4) is 0 Å². The van der Waals surface area contributed by atoms with Crippen LogP contribution in [0.5, 0.6) is 0 Å². The Morgan fingerprint density at radius 1 is 0.974 bits per heavy atom. The van der Waals surface area contributed by atoms with Gasteiger partial charge in [0.2, 0.25) is 21.8 Å². The summed E-state index contributed by atoms with van der Waals surface area (Å²) in [4.78, 5) is 29.0. The third kappa shape index (κ3) is 8.81. The first-order chi connectivity index (χ1) is 18.3. The van der Waals surface area contributed by atoms with Crippen LogP contribution in [0, 0.1) is 6.92 Å². The van der Waals surface area contributed by atoms with E-state index in [4.69, 9.17) is 11.6 Å². The monoisotopic (exact) mass is 633 g/mol. The number of hydrogen-bond donors (Lipinski definition) is 1. The number of amides is 2. The van der Waals surface area contributed by atoms with E-state index in [1.54, 1.807) is 12.1 Å². The highest BCUT2D eigenvalue weighted by atomic mass is 79.9. The molecule has 0 bridgehead atoms. The van der Waals surface area contributed by atoms with Crippen LogP contribution in [0.25, 0.3) is 0 Å². The van der Waals surface area contributed by atoms with Gasteiger partial charge in [0.1, 0.15) is 12.6 Å². The fourth-order valence-electron chi connectivity index (χ4n) is 4.12. The molecule has 0 spiro atoms. The zero-order valence-corrected chi connectivity index (χ0v) is 25.6. The van der Waals surface area contributed by atoms with E-state index in [1.807, 2.05) is 75.4 Å². The molecule has 0 saturated heterocycles. The highest BCUT2D eigenvalue weighted by Crippen LogP contribution is 2.26. The summed E-state index contributed by atoms with van der Waals surface area (Å²) in [6, 6.07) is 20.7. The van der Waals surface area contributed by atoms with E-state index in [-0.39, 0.29) is 30.6 Å². The molecular weight excluding hydrogens is 602 g/mol. The summed E-state index contributed by atoms with van der Waals surface area (Å²) < 4.78 is 27.6. The third-order valence-electron chi connectivity index (χ3n) is 6.07. The molecule has 3 rings (SSSR count). The SMILES string of the molecule is Cc1ccc(N(CC(=O)N(Cc2cccc(Br)c2)[C@@H](Cc2ccccc2)C(=O)NC(C)C)S(C)(=O)=O)cc1Cl. The molecule has 0 aliphatic carbocycles. The minimum Gasteiger partial charge on any atom is -0.352 e. The third-order valence-corrected chi connectivity index (χ3v) is 8.11. The number of nitrogens with one attached hydrogen (secondary N) is 1. The number of carbonyl (C=O) groups is 2. The number of halogens is 2. The van der Waals surface area contributed by atoms with E-state index in [0.29, 0.717) is 5.02 Å². The van der Waals surface area contributed by atoms with E-state index in [1.165, 1.54) is 11.0 Å². The minimum absolute atomic E-state index is 0.105. The van der Waals surface area contributed by atoms with Crippen LogP contribution in [0.1, 0.15) is 30.5 Å². The lowest BCUT2D eigenvalue weighted by Crippen LogP contribution is -2.54. The molecule has 7 nitrogen and oxygen atoms in total. The number of benzene rings is 3. The number of anilines is 1. The van der Waals surface area contributed by atoms with Gasteiger partial charge in [-0.1, -0.05) is 76.1 Å². The second kappa shape index (κ2) is 13.5. The zero-order valence-electron chi connectivity index (χ0n) is 22.4. The van der Waals surface area contributed by atoms with Gasteiger partial charge in [0.05, 0.1) is 11.9 Å². The van der Waals surface area contributed by atoms with Crippen molar-refractivity contribution in [2.45, 2.75) is 45.8 Å². The van der Waals surface area contributed by atoms with Crippen LogP contribution in [0.3, 0.4) is 0 Å². The van der Waals surface area contributed by atoms with Crippen LogP contribution in [0.2, 0.25) is 5.02 Å². The highest BCUT2D eigenvalue weighted by Gasteiger charge is 2.33. The lowest BCUT2D eigenvalue weighted by Gasteiger charge is -2.34. The summed E-state index contributed by atoms with van der Waals surface area (Å²) in [5, 5.41) is 3.32. The van der Waals surface area contributed by atoms with Crippen LogP contribution in [-0.4, -0.2) is 50.0 Å². The van der Waals surface area contributed by atoms with Crippen LogP contribution < -0.4 is 9.62 Å². The minimum atomic E-state index is -3.86. The molecule has 0 aromatic heterocycles. The molecule has 0 aliphatic rings. The molecule has 0 fully saturated rings. The highest BCUT2D eigenvalue weighted by molar-refractivity contribution is 9.10. The maximum atomic E-state index is 14.0. The van der Waals surface area contributed by atoms with E-state index >= 15 is 0 Å². The van der Waals surface area contributed by atoms with Crippen LogP contribution in [0.15, 0.2) is 77.3 Å². The fraction of sp³-hybridized carbons (Fsp3) is 0.310. The number of carbonyl (C=O) groups excluding carboxylic acids is 2. The molecule has 0 radical (unpaired) electrons. The van der Waals surface area contributed by atoms with Gasteiger partial charge in [-0.3, -0.25) is 13.9 Å². The predicted octanol–water partition coefficient (Wildman–Crippen LogP) is 5.34. The average Bonchev–Trinajstić information content (AvgIpc) is 2.86. The van der Waals surface area contributed by atoms with Gasteiger partial charge in [0, 0.05) is 28.5 Å². The molecule has 3 aromatic carbocycles. The van der Waals surface area contributed by atoms with E-state index in [2.05, 4.69) is 21.2 Å². The molecule has 0 aliphatic heterocycles. The first-order valence-electron chi connectivity index (χ1n) is 12.5. The Kier molecular flexibility index (Phi) is 10.6. The Morgan fingerprint density at radius 2 is 1.64 bits per heavy atom. The molecule has 0 unspecified atom stereocenters. The molecule has 2 amide bonds. The fourth-order valence-corrected chi connectivity index (χ4v) is 5.58. The van der Waals surface area contributed by atoms with Crippen LogP contribution in [0.4, 0.5) is 5.69 Å². The van der Waals surface area contributed by atoms with Gasteiger partial charge in [-0.2, -0.15) is 0 Å². The molecule has 1 atom stereocenters. The molecule has 1 N–H and O–H groups in total. The standard InChI is InChI=1S/C29H33BrClN3O4S/c1-20(2)32-29(36)27(16-22-9-6-5-7-10-22)33(18-23-11-8-12-24(30)15-23)28(35)19-34(39(4,37)38)25-14-13-21(3)26(31)17-25/h5-15,17,20,27H,16,18-19H2,1-4H3,(H,32,36)/t27-/m0/s1. The quantitative estimate of drug-likeness (QED) is 0.309. The largest absolute Gasteiger partial charge is 0.352 e. The lowest BCUT2D eigenvalue weighted by atomic mass is 10.0. The van der Waals surface area contributed by atoms with Crippen LogP contribution >= 0.6 is 27.5 Å². The Hall–Kier alpha value is -2.88. The Morgan fingerprint density at radius 3 is 2.23 bits per heavy atom. The summed E-state index contributed by atoms with van der Waals surface area (Å²) in [7, 11) is -3.86. The number of sulfonamides is 1. The van der Waals surface area contributed by atoms with Crippen molar-refractivity contribution in [2.75, 3.05) is 17.1 Å². The molecule has 10 heteroatoms. The summed E-state index contributed by atoms with van der Waals surface area (Å²) in [6.45, 7) is 5.12. The van der Waals surface area contributed by atoms with Crippen molar-refractivity contribution in [1.29, 1.82) is 0 Å². The molecule has 208 valence electrons.